The van der Waals surface area contributed by atoms with Crippen molar-refractivity contribution < 1.29 is 0 Å². The summed E-state index contributed by atoms with van der Waals surface area (Å²) in [5, 5.41) is 0. The lowest BCUT2D eigenvalue weighted by Gasteiger charge is -2.32. The summed E-state index contributed by atoms with van der Waals surface area (Å²) in [6.45, 7) is 6.91. The number of hydrogen-bond donors (Lipinski definition) is 2. The zero-order valence-electron chi connectivity index (χ0n) is 6.68. The third kappa shape index (κ3) is 1.49. The minimum atomic E-state index is -1.50. The smallest absolute Gasteiger partial charge is 0.183 e. The van der Waals surface area contributed by atoms with E-state index in [1.165, 1.54) is 4.94 Å². The Kier molecular flexibility index (Phi) is 2.09. The molecule has 1 aliphatic heterocycles. The van der Waals surface area contributed by atoms with Gasteiger partial charge in [-0.25, -0.2) is 0 Å². The predicted molar refractivity (Wildman–Crippen MR) is 55.0 cm³/mol. The van der Waals surface area contributed by atoms with Crippen LogP contribution in [0.5, 0.6) is 0 Å². The van der Waals surface area contributed by atoms with Crippen LogP contribution in [-0.4, -0.2) is 8.07 Å². The molecule has 0 saturated heterocycles. The molecule has 5 heteroatoms. The van der Waals surface area contributed by atoms with Gasteiger partial charge >= 0.3 is 0 Å². The Hall–Kier alpha value is 0.737. The quantitative estimate of drug-likeness (QED) is 0.494. The summed E-state index contributed by atoms with van der Waals surface area (Å²) in [6, 6.07) is 0. The van der Waals surface area contributed by atoms with E-state index in [-0.39, 0.29) is 0 Å². The normalized spacial score (nSPS) is 25.9. The molecular weight excluding hydrogens is 178 g/mol. The van der Waals surface area contributed by atoms with E-state index in [9.17, 15) is 0 Å². The maximum atomic E-state index is 5.92. The highest BCUT2D eigenvalue weighted by atomic mass is 32.1. The zero-order valence-corrected chi connectivity index (χ0v) is 9.57. The van der Waals surface area contributed by atoms with Crippen LogP contribution in [0.3, 0.4) is 0 Å². The van der Waals surface area contributed by atoms with Crippen LogP contribution in [-0.2, 0) is 0 Å². The van der Waals surface area contributed by atoms with E-state index >= 15 is 0 Å². The highest BCUT2D eigenvalue weighted by molar-refractivity contribution is 8.36. The standard InChI is InChI=1S/C5H15N2P2Si/c1-10(2,3)5-4-8-9(5,6)7/h4,8H,6-7H2,1-3H3/q+1. The van der Waals surface area contributed by atoms with Gasteiger partial charge in [-0.2, -0.15) is 11.0 Å². The number of hydrogen-bond acceptors (Lipinski definition) is 2. The van der Waals surface area contributed by atoms with Crippen molar-refractivity contribution in [3.8, 4) is 0 Å². The first-order valence-corrected chi connectivity index (χ1v) is 10.6. The summed E-state index contributed by atoms with van der Waals surface area (Å²) in [5.41, 5.74) is 11.8. The van der Waals surface area contributed by atoms with E-state index in [1.807, 2.05) is 0 Å². The molecule has 0 aromatic heterocycles. The van der Waals surface area contributed by atoms with Gasteiger partial charge in [-0.15, -0.1) is 0 Å². The topological polar surface area (TPSA) is 52.0 Å². The Balaban J connectivity index is 2.79. The van der Waals surface area contributed by atoms with Crippen molar-refractivity contribution in [2.75, 3.05) is 0 Å². The van der Waals surface area contributed by atoms with Gasteiger partial charge in [0.25, 0.3) is 0 Å². The molecule has 0 bridgehead atoms. The van der Waals surface area contributed by atoms with Crippen molar-refractivity contribution in [2.24, 2.45) is 11.0 Å². The van der Waals surface area contributed by atoms with Crippen LogP contribution in [0.2, 0.25) is 19.6 Å². The van der Waals surface area contributed by atoms with E-state index in [0.29, 0.717) is 0 Å². The van der Waals surface area contributed by atoms with Gasteiger partial charge < -0.3 is 0 Å². The zero-order chi connectivity index (χ0) is 7.99. The van der Waals surface area contributed by atoms with E-state index in [1.54, 1.807) is 0 Å². The summed E-state index contributed by atoms with van der Waals surface area (Å²) < 4.78 is 0. The van der Waals surface area contributed by atoms with Gasteiger partial charge in [-0.3, -0.25) is 0 Å². The van der Waals surface area contributed by atoms with Gasteiger partial charge in [0.15, 0.2) is 7.25 Å². The van der Waals surface area contributed by atoms with E-state index in [0.717, 1.165) is 8.27 Å². The molecule has 0 spiro atoms. The van der Waals surface area contributed by atoms with Crippen LogP contribution in [0.1, 0.15) is 0 Å². The second kappa shape index (κ2) is 2.36. The Morgan fingerprint density at radius 2 is 1.90 bits per heavy atom. The second-order valence-corrected chi connectivity index (χ2v) is 14.7. The molecule has 0 aromatic rings. The molecule has 1 aliphatic rings. The largest absolute Gasteiger partial charge is 0.184 e. The van der Waals surface area contributed by atoms with Crippen molar-refractivity contribution in [3.05, 3.63) is 10.8 Å². The SMILES string of the molecule is C[Si](C)(C)C1=CP[P+]1(N)N. The lowest BCUT2D eigenvalue weighted by molar-refractivity contribution is 1.67. The van der Waals surface area contributed by atoms with E-state index in [4.69, 9.17) is 11.0 Å². The van der Waals surface area contributed by atoms with Gasteiger partial charge in [0, 0.05) is 5.82 Å². The molecule has 0 fully saturated rings. The molecule has 0 amide bonds. The maximum Gasteiger partial charge on any atom is 0.184 e. The molecule has 0 aliphatic carbocycles. The predicted octanol–water partition coefficient (Wildman–Crippen LogP) is 2.08. The molecule has 2 nitrogen and oxygen atoms in total. The third-order valence-electron chi connectivity index (χ3n) is 1.58. The fraction of sp³-hybridized carbons (Fsp3) is 0.600. The van der Waals surface area contributed by atoms with E-state index < -0.39 is 15.3 Å². The summed E-state index contributed by atoms with van der Waals surface area (Å²) in [6.07, 6.45) is 0. The molecule has 58 valence electrons. The fourth-order valence-corrected chi connectivity index (χ4v) is 13.6. The summed E-state index contributed by atoms with van der Waals surface area (Å²) in [4.78, 5) is 1.44. The highest BCUT2D eigenvalue weighted by Crippen LogP contribution is 2.78. The first kappa shape index (κ1) is 8.83. The summed E-state index contributed by atoms with van der Waals surface area (Å²) in [5.74, 6) is 2.26. The van der Waals surface area contributed by atoms with Crippen LogP contribution in [0.15, 0.2) is 10.8 Å². The lowest BCUT2D eigenvalue weighted by atomic mass is 11.2. The fourth-order valence-electron chi connectivity index (χ4n) is 1.05. The van der Waals surface area contributed by atoms with Gasteiger partial charge in [-0.05, 0) is 0 Å². The van der Waals surface area contributed by atoms with Crippen molar-refractivity contribution in [1.29, 1.82) is 0 Å². The second-order valence-electron chi connectivity index (χ2n) is 3.69. The number of nitrogens with two attached hydrogens (primary N) is 2. The lowest BCUT2D eigenvalue weighted by Crippen LogP contribution is -2.32. The third-order valence-corrected chi connectivity index (χ3v) is 11.8. The molecule has 1 atom stereocenters. The van der Waals surface area contributed by atoms with Crippen LogP contribution < -0.4 is 11.0 Å². The minimum absolute atomic E-state index is 0.741. The molecule has 0 aromatic carbocycles. The monoisotopic (exact) mass is 193 g/mol. The van der Waals surface area contributed by atoms with E-state index in [2.05, 4.69) is 25.5 Å². The number of rotatable bonds is 1. The molecule has 0 saturated carbocycles. The van der Waals surface area contributed by atoms with Crippen LogP contribution in [0.4, 0.5) is 0 Å². The first-order valence-electron chi connectivity index (χ1n) is 3.29. The minimum Gasteiger partial charge on any atom is -0.183 e. The van der Waals surface area contributed by atoms with Gasteiger partial charge in [0.2, 0.25) is 0 Å². The van der Waals surface area contributed by atoms with Crippen LogP contribution in [0, 0.1) is 0 Å². The first-order chi connectivity index (χ1) is 4.34. The summed E-state index contributed by atoms with van der Waals surface area (Å²) in [7, 11) is -1.90. The summed E-state index contributed by atoms with van der Waals surface area (Å²) >= 11 is 0. The Bertz CT molecular complexity index is 183. The molecule has 1 heterocycles. The average Bonchev–Trinajstić information content (AvgIpc) is 1.58. The molecule has 10 heavy (non-hydrogen) atoms. The van der Waals surface area contributed by atoms with Crippen molar-refractivity contribution in [2.45, 2.75) is 19.6 Å². The van der Waals surface area contributed by atoms with Crippen molar-refractivity contribution in [1.82, 2.24) is 0 Å². The Morgan fingerprint density at radius 3 is 1.90 bits per heavy atom. The molecule has 1 unspecified atom stereocenters. The molecular formula is C5H15N2P2Si+. The van der Waals surface area contributed by atoms with Crippen molar-refractivity contribution >= 4 is 23.6 Å². The van der Waals surface area contributed by atoms with Crippen molar-refractivity contribution in [3.63, 3.8) is 0 Å². The van der Waals surface area contributed by atoms with Gasteiger partial charge in [0.1, 0.15) is 16.3 Å². The average molecular weight is 193 g/mol. The van der Waals surface area contributed by atoms with Gasteiger partial charge in [0.05, 0.1) is 4.94 Å². The van der Waals surface area contributed by atoms with Crippen LogP contribution >= 0.6 is 15.5 Å². The molecule has 0 radical (unpaired) electrons. The highest BCUT2D eigenvalue weighted by Gasteiger charge is 2.48. The Labute approximate surface area is 65.6 Å². The molecule has 4 N–H and O–H groups in total. The van der Waals surface area contributed by atoms with Gasteiger partial charge in [-0.1, -0.05) is 19.6 Å². The maximum absolute atomic E-state index is 5.92. The van der Waals surface area contributed by atoms with Crippen LogP contribution in [0.25, 0.3) is 0 Å². The Morgan fingerprint density at radius 1 is 1.40 bits per heavy atom. The molecule has 1 rings (SSSR count).